The molecule has 0 radical (unpaired) electrons. The van der Waals surface area contributed by atoms with Gasteiger partial charge in [-0.15, -0.1) is 0 Å². The van der Waals surface area contributed by atoms with Crippen LogP contribution in [0.25, 0.3) is 6.08 Å². The van der Waals surface area contributed by atoms with E-state index >= 15 is 0 Å². The molecule has 3 nitrogen and oxygen atoms in total. The molecule has 0 saturated carbocycles. The van der Waals surface area contributed by atoms with E-state index in [1.54, 1.807) is 12.5 Å². The molecule has 0 aliphatic carbocycles. The minimum Gasteiger partial charge on any atom is -0.465 e. The Morgan fingerprint density at radius 2 is 2.27 bits per heavy atom. The second-order valence-corrected chi connectivity index (χ2v) is 3.01. The van der Waals surface area contributed by atoms with Crippen LogP contribution in [-0.2, 0) is 0 Å². The number of rotatable bonds is 4. The minimum atomic E-state index is 0.734. The standard InChI is InChI=1S/C12H12N2O/c1-2-8-13-12(7-1)14-9-3-5-11-6-4-10-15-11/h1-8,10H,9H2,(H,13,14)/b5-3+. The van der Waals surface area contributed by atoms with Crippen molar-refractivity contribution < 1.29 is 4.42 Å². The number of anilines is 1. The summed E-state index contributed by atoms with van der Waals surface area (Å²) in [5.41, 5.74) is 0. The van der Waals surface area contributed by atoms with Crippen molar-refractivity contribution in [2.75, 3.05) is 11.9 Å². The van der Waals surface area contributed by atoms with Crippen LogP contribution in [-0.4, -0.2) is 11.5 Å². The van der Waals surface area contributed by atoms with E-state index in [2.05, 4.69) is 10.3 Å². The molecule has 0 spiro atoms. The lowest BCUT2D eigenvalue weighted by molar-refractivity contribution is 0.557. The fourth-order valence-corrected chi connectivity index (χ4v) is 1.19. The number of nitrogens with zero attached hydrogens (tertiary/aromatic N) is 1. The maximum atomic E-state index is 5.16. The number of pyridine rings is 1. The average Bonchev–Trinajstić information content (AvgIpc) is 2.79. The Hall–Kier alpha value is -2.03. The van der Waals surface area contributed by atoms with E-state index in [-0.39, 0.29) is 0 Å². The van der Waals surface area contributed by atoms with Gasteiger partial charge in [-0.1, -0.05) is 12.1 Å². The molecule has 0 aliphatic heterocycles. The van der Waals surface area contributed by atoms with Gasteiger partial charge in [0.05, 0.1) is 6.26 Å². The predicted octanol–water partition coefficient (Wildman–Crippen LogP) is 2.80. The van der Waals surface area contributed by atoms with Gasteiger partial charge in [0, 0.05) is 12.7 Å². The third-order valence-electron chi connectivity index (χ3n) is 1.89. The fraction of sp³-hybridized carbons (Fsp3) is 0.0833. The van der Waals surface area contributed by atoms with E-state index in [9.17, 15) is 0 Å². The summed E-state index contributed by atoms with van der Waals surface area (Å²) < 4.78 is 5.16. The van der Waals surface area contributed by atoms with E-state index in [0.717, 1.165) is 18.1 Å². The molecule has 0 amide bonds. The molecule has 0 bridgehead atoms. The highest BCUT2D eigenvalue weighted by atomic mass is 16.3. The summed E-state index contributed by atoms with van der Waals surface area (Å²) in [6, 6.07) is 9.55. The summed E-state index contributed by atoms with van der Waals surface area (Å²) >= 11 is 0. The number of nitrogens with one attached hydrogen (secondary N) is 1. The van der Waals surface area contributed by atoms with Crippen LogP contribution in [0.5, 0.6) is 0 Å². The van der Waals surface area contributed by atoms with Crippen LogP contribution in [0.2, 0.25) is 0 Å². The molecule has 1 N–H and O–H groups in total. The van der Waals surface area contributed by atoms with Gasteiger partial charge in [0.1, 0.15) is 11.6 Å². The first-order valence-corrected chi connectivity index (χ1v) is 4.80. The molecule has 0 atom stereocenters. The number of aromatic nitrogens is 1. The van der Waals surface area contributed by atoms with Gasteiger partial charge in [0.25, 0.3) is 0 Å². The normalized spacial score (nSPS) is 10.7. The Morgan fingerprint density at radius 1 is 1.27 bits per heavy atom. The number of hydrogen-bond acceptors (Lipinski definition) is 3. The van der Waals surface area contributed by atoms with Crippen LogP contribution >= 0.6 is 0 Å². The molecule has 2 aromatic rings. The van der Waals surface area contributed by atoms with E-state index in [4.69, 9.17) is 4.42 Å². The lowest BCUT2D eigenvalue weighted by Gasteiger charge is -1.99. The molecule has 0 saturated heterocycles. The van der Waals surface area contributed by atoms with Crippen molar-refractivity contribution in [1.82, 2.24) is 4.98 Å². The van der Waals surface area contributed by atoms with Crippen LogP contribution in [0.4, 0.5) is 5.82 Å². The van der Waals surface area contributed by atoms with Crippen LogP contribution in [0.1, 0.15) is 5.76 Å². The van der Waals surface area contributed by atoms with E-state index in [0.29, 0.717) is 0 Å². The zero-order valence-corrected chi connectivity index (χ0v) is 8.26. The van der Waals surface area contributed by atoms with Crippen molar-refractivity contribution in [1.29, 1.82) is 0 Å². The summed E-state index contributed by atoms with van der Waals surface area (Å²) in [5.74, 6) is 1.74. The molecule has 76 valence electrons. The van der Waals surface area contributed by atoms with Gasteiger partial charge < -0.3 is 9.73 Å². The van der Waals surface area contributed by atoms with Gasteiger partial charge in [0.2, 0.25) is 0 Å². The van der Waals surface area contributed by atoms with Crippen LogP contribution in [0.15, 0.2) is 53.3 Å². The highest BCUT2D eigenvalue weighted by molar-refractivity contribution is 5.44. The number of hydrogen-bond donors (Lipinski definition) is 1. The maximum absolute atomic E-state index is 5.16. The van der Waals surface area contributed by atoms with Gasteiger partial charge >= 0.3 is 0 Å². The summed E-state index contributed by atoms with van der Waals surface area (Å²) in [5, 5.41) is 3.17. The quantitative estimate of drug-likeness (QED) is 0.824. The van der Waals surface area contributed by atoms with Gasteiger partial charge in [-0.05, 0) is 30.3 Å². The van der Waals surface area contributed by atoms with Crippen molar-refractivity contribution in [3.8, 4) is 0 Å². The van der Waals surface area contributed by atoms with Crippen molar-refractivity contribution in [2.24, 2.45) is 0 Å². The molecule has 0 unspecified atom stereocenters. The molecule has 2 rings (SSSR count). The van der Waals surface area contributed by atoms with E-state index in [1.807, 2.05) is 42.5 Å². The van der Waals surface area contributed by atoms with Crippen molar-refractivity contribution >= 4 is 11.9 Å². The smallest absolute Gasteiger partial charge is 0.126 e. The van der Waals surface area contributed by atoms with Gasteiger partial charge in [-0.3, -0.25) is 0 Å². The van der Waals surface area contributed by atoms with Gasteiger partial charge in [0.15, 0.2) is 0 Å². The van der Waals surface area contributed by atoms with Crippen molar-refractivity contribution in [3.63, 3.8) is 0 Å². The molecular formula is C12H12N2O. The first kappa shape index (κ1) is 9.52. The Bertz CT molecular complexity index is 406. The Morgan fingerprint density at radius 3 is 3.00 bits per heavy atom. The third-order valence-corrected chi connectivity index (χ3v) is 1.89. The van der Waals surface area contributed by atoms with Crippen molar-refractivity contribution in [2.45, 2.75) is 0 Å². The number of furan rings is 1. The minimum absolute atomic E-state index is 0.734. The zero-order chi connectivity index (χ0) is 10.3. The highest BCUT2D eigenvalue weighted by Crippen LogP contribution is 2.03. The summed E-state index contributed by atoms with van der Waals surface area (Å²) in [6.07, 6.45) is 7.34. The topological polar surface area (TPSA) is 38.1 Å². The van der Waals surface area contributed by atoms with Crippen molar-refractivity contribution in [3.05, 3.63) is 54.6 Å². The molecular weight excluding hydrogens is 188 g/mol. The molecule has 0 aromatic carbocycles. The van der Waals surface area contributed by atoms with E-state index in [1.165, 1.54) is 0 Å². The molecule has 0 fully saturated rings. The lowest BCUT2D eigenvalue weighted by atomic mass is 10.4. The second-order valence-electron chi connectivity index (χ2n) is 3.01. The third kappa shape index (κ3) is 2.98. The fourth-order valence-electron chi connectivity index (χ4n) is 1.19. The molecule has 15 heavy (non-hydrogen) atoms. The predicted molar refractivity (Wildman–Crippen MR) is 60.5 cm³/mol. The lowest BCUT2D eigenvalue weighted by Crippen LogP contribution is -1.99. The zero-order valence-electron chi connectivity index (χ0n) is 8.26. The second kappa shape index (κ2) is 5.00. The summed E-state index contributed by atoms with van der Waals surface area (Å²) in [4.78, 5) is 4.14. The van der Waals surface area contributed by atoms with Crippen LogP contribution < -0.4 is 5.32 Å². The largest absolute Gasteiger partial charge is 0.465 e. The molecule has 2 aromatic heterocycles. The van der Waals surface area contributed by atoms with Gasteiger partial charge in [-0.25, -0.2) is 4.98 Å². The summed E-state index contributed by atoms with van der Waals surface area (Å²) in [6.45, 7) is 0.734. The first-order chi connectivity index (χ1) is 7.45. The summed E-state index contributed by atoms with van der Waals surface area (Å²) in [7, 11) is 0. The Kier molecular flexibility index (Phi) is 3.18. The SMILES string of the molecule is C(=C\c1ccco1)/CNc1ccccn1. The van der Waals surface area contributed by atoms with Crippen LogP contribution in [0, 0.1) is 0 Å². The monoisotopic (exact) mass is 200 g/mol. The Labute approximate surface area is 88.5 Å². The van der Waals surface area contributed by atoms with Gasteiger partial charge in [-0.2, -0.15) is 0 Å². The van der Waals surface area contributed by atoms with Crippen LogP contribution in [0.3, 0.4) is 0 Å². The average molecular weight is 200 g/mol. The maximum Gasteiger partial charge on any atom is 0.126 e. The Balaban J connectivity index is 1.80. The molecule has 3 heteroatoms. The molecule has 2 heterocycles. The van der Waals surface area contributed by atoms with E-state index < -0.39 is 0 Å². The highest BCUT2D eigenvalue weighted by Gasteiger charge is 1.88. The molecule has 0 aliphatic rings. The first-order valence-electron chi connectivity index (χ1n) is 4.80.